The molecular weight excluding hydrogens is 404 g/mol. The largest absolute Gasteiger partial charge is 0.372 e. The fraction of sp³-hybridized carbons (Fsp3) is 0.654. The van der Waals surface area contributed by atoms with E-state index in [-0.39, 0.29) is 12.4 Å². The van der Waals surface area contributed by atoms with Gasteiger partial charge in [-0.05, 0) is 63.1 Å². The van der Waals surface area contributed by atoms with Crippen LogP contribution < -0.4 is 10.2 Å². The molecule has 5 heteroatoms. The van der Waals surface area contributed by atoms with Crippen molar-refractivity contribution in [2.24, 2.45) is 5.92 Å². The van der Waals surface area contributed by atoms with Gasteiger partial charge in [0.25, 0.3) is 0 Å². The van der Waals surface area contributed by atoms with E-state index in [9.17, 15) is 0 Å². The van der Waals surface area contributed by atoms with Gasteiger partial charge in [-0.15, -0.1) is 12.4 Å². The van der Waals surface area contributed by atoms with Gasteiger partial charge in [-0.3, -0.25) is 0 Å². The number of H-pyrrole nitrogens is 1. The molecular formula is C26H41ClN4. The minimum atomic E-state index is 0. The summed E-state index contributed by atoms with van der Waals surface area (Å²) in [6.45, 7) is 6.51. The molecule has 2 saturated carbocycles. The number of anilines is 1. The zero-order chi connectivity index (χ0) is 20.8. The van der Waals surface area contributed by atoms with Gasteiger partial charge in [0, 0.05) is 24.8 Å². The molecule has 1 aromatic heterocycles. The molecule has 1 heterocycles. The Kier molecular flexibility index (Phi) is 9.28. The summed E-state index contributed by atoms with van der Waals surface area (Å²) in [4.78, 5) is 11.0. The van der Waals surface area contributed by atoms with Gasteiger partial charge in [-0.1, -0.05) is 50.7 Å². The molecule has 2 aliphatic rings. The Balaban J connectivity index is 0.00000272. The number of hydrogen-bond acceptors (Lipinski definition) is 3. The van der Waals surface area contributed by atoms with Crippen molar-refractivity contribution in [3.05, 3.63) is 36.3 Å². The first-order valence-electron chi connectivity index (χ1n) is 12.4. The average molecular weight is 445 g/mol. The molecule has 0 aliphatic heterocycles. The van der Waals surface area contributed by atoms with Crippen LogP contribution in [0.1, 0.15) is 89.9 Å². The fourth-order valence-electron chi connectivity index (χ4n) is 5.51. The van der Waals surface area contributed by atoms with Gasteiger partial charge in [0.2, 0.25) is 0 Å². The summed E-state index contributed by atoms with van der Waals surface area (Å²) < 4.78 is 0. The van der Waals surface area contributed by atoms with Gasteiger partial charge in [0.1, 0.15) is 5.82 Å². The summed E-state index contributed by atoms with van der Waals surface area (Å²) in [6, 6.07) is 9.97. The highest BCUT2D eigenvalue weighted by molar-refractivity contribution is 5.85. The van der Waals surface area contributed by atoms with Crippen molar-refractivity contribution in [2.75, 3.05) is 18.0 Å². The number of nitrogens with one attached hydrogen (secondary N) is 2. The lowest BCUT2D eigenvalue weighted by Gasteiger charge is -2.34. The van der Waals surface area contributed by atoms with Crippen molar-refractivity contribution in [3.8, 4) is 11.3 Å². The third kappa shape index (κ3) is 6.04. The van der Waals surface area contributed by atoms with Gasteiger partial charge < -0.3 is 15.2 Å². The first kappa shape index (κ1) is 24.1. The molecule has 1 aromatic carbocycles. The van der Waals surface area contributed by atoms with E-state index in [2.05, 4.69) is 53.3 Å². The molecule has 0 radical (unpaired) electrons. The van der Waals surface area contributed by atoms with Gasteiger partial charge in [-0.25, -0.2) is 4.98 Å². The highest BCUT2D eigenvalue weighted by Crippen LogP contribution is 2.35. The van der Waals surface area contributed by atoms with Gasteiger partial charge in [0.05, 0.1) is 17.9 Å². The van der Waals surface area contributed by atoms with E-state index in [4.69, 9.17) is 4.98 Å². The van der Waals surface area contributed by atoms with E-state index in [0.717, 1.165) is 24.6 Å². The molecule has 2 N–H and O–H groups in total. The minimum absolute atomic E-state index is 0. The maximum absolute atomic E-state index is 4.90. The third-order valence-electron chi connectivity index (χ3n) is 7.34. The van der Waals surface area contributed by atoms with Crippen LogP contribution in [0.2, 0.25) is 0 Å². The zero-order valence-corrected chi connectivity index (χ0v) is 20.2. The summed E-state index contributed by atoms with van der Waals surface area (Å²) >= 11 is 0. The Morgan fingerprint density at radius 1 is 0.935 bits per heavy atom. The molecule has 4 nitrogen and oxygen atoms in total. The Bertz CT molecular complexity index is 756. The number of benzene rings is 1. The number of hydrogen-bond donors (Lipinski definition) is 2. The molecule has 31 heavy (non-hydrogen) atoms. The van der Waals surface area contributed by atoms with Crippen LogP contribution in [-0.4, -0.2) is 29.1 Å². The SMILES string of the molecule is CCN(CC)c1ccc(-c2cnc([C@@H](NC3CCCCC3)C3CCCCC3)[nH]2)cc1.Cl. The van der Waals surface area contributed by atoms with Crippen LogP contribution in [0.25, 0.3) is 11.3 Å². The number of rotatable bonds is 8. The van der Waals surface area contributed by atoms with Crippen molar-refractivity contribution in [2.45, 2.75) is 90.1 Å². The summed E-state index contributed by atoms with van der Waals surface area (Å²) in [5.74, 6) is 1.86. The second-order valence-electron chi connectivity index (χ2n) is 9.28. The quantitative estimate of drug-likeness (QED) is 0.465. The highest BCUT2D eigenvalue weighted by Gasteiger charge is 2.29. The Labute approximate surface area is 195 Å². The minimum Gasteiger partial charge on any atom is -0.372 e. The molecule has 4 rings (SSSR count). The lowest BCUT2D eigenvalue weighted by Crippen LogP contribution is -2.39. The summed E-state index contributed by atoms with van der Waals surface area (Å²) in [5, 5.41) is 4.05. The molecule has 1 atom stereocenters. The van der Waals surface area contributed by atoms with Crippen LogP contribution in [0.3, 0.4) is 0 Å². The van der Waals surface area contributed by atoms with E-state index >= 15 is 0 Å². The Morgan fingerprint density at radius 3 is 2.16 bits per heavy atom. The van der Waals surface area contributed by atoms with Crippen LogP contribution in [0.15, 0.2) is 30.5 Å². The molecule has 2 aliphatic carbocycles. The zero-order valence-electron chi connectivity index (χ0n) is 19.4. The molecule has 0 saturated heterocycles. The predicted octanol–water partition coefficient (Wildman–Crippen LogP) is 6.89. The van der Waals surface area contributed by atoms with E-state index in [1.54, 1.807) is 0 Å². The van der Waals surface area contributed by atoms with Crippen LogP contribution >= 0.6 is 12.4 Å². The van der Waals surface area contributed by atoms with E-state index in [1.165, 1.54) is 75.5 Å². The summed E-state index contributed by atoms with van der Waals surface area (Å²) in [6.07, 6.45) is 15.6. The molecule has 0 bridgehead atoms. The second-order valence-corrected chi connectivity index (χ2v) is 9.28. The molecule has 0 spiro atoms. The molecule has 2 aromatic rings. The lowest BCUT2D eigenvalue weighted by molar-refractivity contribution is 0.227. The number of nitrogens with zero attached hydrogens (tertiary/aromatic N) is 2. The van der Waals surface area contributed by atoms with Gasteiger partial charge in [0.15, 0.2) is 0 Å². The van der Waals surface area contributed by atoms with E-state index in [1.807, 2.05) is 6.20 Å². The smallest absolute Gasteiger partial charge is 0.124 e. The van der Waals surface area contributed by atoms with E-state index in [0.29, 0.717) is 18.0 Å². The van der Waals surface area contributed by atoms with Crippen LogP contribution in [0, 0.1) is 5.92 Å². The maximum atomic E-state index is 4.90. The lowest BCUT2D eigenvalue weighted by atomic mass is 9.82. The van der Waals surface area contributed by atoms with Crippen molar-refractivity contribution in [3.63, 3.8) is 0 Å². The summed E-state index contributed by atoms with van der Waals surface area (Å²) in [5.41, 5.74) is 3.66. The number of imidazole rings is 1. The van der Waals surface area contributed by atoms with Crippen LogP contribution in [-0.2, 0) is 0 Å². The predicted molar refractivity (Wildman–Crippen MR) is 134 cm³/mol. The maximum Gasteiger partial charge on any atom is 0.124 e. The Morgan fingerprint density at radius 2 is 1.55 bits per heavy atom. The number of aromatic amines is 1. The number of halogens is 1. The molecule has 172 valence electrons. The van der Waals surface area contributed by atoms with Gasteiger partial charge in [-0.2, -0.15) is 0 Å². The number of aromatic nitrogens is 2. The van der Waals surface area contributed by atoms with Crippen molar-refractivity contribution in [1.82, 2.24) is 15.3 Å². The van der Waals surface area contributed by atoms with Crippen molar-refractivity contribution < 1.29 is 0 Å². The molecule has 0 amide bonds. The second kappa shape index (κ2) is 11.9. The normalized spacial score (nSPS) is 19.0. The van der Waals surface area contributed by atoms with Crippen LogP contribution in [0.4, 0.5) is 5.69 Å². The Hall–Kier alpha value is -1.52. The average Bonchev–Trinajstić information content (AvgIpc) is 3.30. The monoisotopic (exact) mass is 444 g/mol. The topological polar surface area (TPSA) is 44.0 Å². The standard InChI is InChI=1S/C26H40N4.ClH/c1-3-30(4-2)23-17-15-20(16-18-23)24-19-27-26(29-24)25(21-11-7-5-8-12-21)28-22-13-9-6-10-14-22;/h15-19,21-22,25,28H,3-14H2,1-2H3,(H,27,29);1H/t25-;/m0./s1. The fourth-order valence-corrected chi connectivity index (χ4v) is 5.51. The first-order chi connectivity index (χ1) is 14.8. The first-order valence-corrected chi connectivity index (χ1v) is 12.4. The summed E-state index contributed by atoms with van der Waals surface area (Å²) in [7, 11) is 0. The molecule has 2 fully saturated rings. The third-order valence-corrected chi connectivity index (χ3v) is 7.34. The van der Waals surface area contributed by atoms with Crippen molar-refractivity contribution >= 4 is 18.1 Å². The van der Waals surface area contributed by atoms with Crippen LogP contribution in [0.5, 0.6) is 0 Å². The van der Waals surface area contributed by atoms with Gasteiger partial charge >= 0.3 is 0 Å². The molecule has 0 unspecified atom stereocenters. The van der Waals surface area contributed by atoms with Crippen molar-refractivity contribution in [1.29, 1.82) is 0 Å². The highest BCUT2D eigenvalue weighted by atomic mass is 35.5. The van der Waals surface area contributed by atoms with E-state index < -0.39 is 0 Å².